The van der Waals surface area contributed by atoms with Crippen molar-refractivity contribution < 1.29 is 14.3 Å². The lowest BCUT2D eigenvalue weighted by Crippen LogP contribution is -2.48. The summed E-state index contributed by atoms with van der Waals surface area (Å²) >= 11 is 0. The Morgan fingerprint density at radius 1 is 1.47 bits per heavy atom. The van der Waals surface area contributed by atoms with E-state index in [0.29, 0.717) is 0 Å². The van der Waals surface area contributed by atoms with Crippen molar-refractivity contribution in [1.29, 1.82) is 0 Å². The average molecular weight is 213 g/mol. The molecule has 86 valence electrons. The largest absolute Gasteiger partial charge is 0.498 e. The summed E-state index contributed by atoms with van der Waals surface area (Å²) in [6.07, 6.45) is 2.93. The Bertz CT molecular complexity index is 239. The van der Waals surface area contributed by atoms with Crippen LogP contribution < -0.4 is 5.32 Å². The fourth-order valence-corrected chi connectivity index (χ4v) is 1.40. The monoisotopic (exact) mass is 213 g/mol. The molecule has 1 saturated carbocycles. The summed E-state index contributed by atoms with van der Waals surface area (Å²) in [5.74, 6) is 0. The summed E-state index contributed by atoms with van der Waals surface area (Å²) in [6, 6.07) is 0.171. The van der Waals surface area contributed by atoms with Crippen LogP contribution in [0.3, 0.4) is 0 Å². The van der Waals surface area contributed by atoms with Crippen LogP contribution in [-0.2, 0) is 9.47 Å². The molecule has 0 atom stereocenters. The standard InChI is InChI=1S/C11H19NO3/c1-5-14-9-6-8(7-9)12-10(13)15-11(2,3)4/h5,8-9H,1,6-7H2,2-4H3,(H,12,13)/t8-,9+. The maximum Gasteiger partial charge on any atom is 0.407 e. The van der Waals surface area contributed by atoms with Crippen molar-refractivity contribution in [3.8, 4) is 0 Å². The van der Waals surface area contributed by atoms with E-state index in [2.05, 4.69) is 11.9 Å². The highest BCUT2D eigenvalue weighted by Crippen LogP contribution is 2.23. The van der Waals surface area contributed by atoms with E-state index >= 15 is 0 Å². The molecule has 0 aromatic carbocycles. The summed E-state index contributed by atoms with van der Waals surface area (Å²) < 4.78 is 10.3. The summed E-state index contributed by atoms with van der Waals surface area (Å²) in [5, 5.41) is 2.79. The van der Waals surface area contributed by atoms with E-state index in [1.807, 2.05) is 20.8 Å². The quantitative estimate of drug-likeness (QED) is 0.731. The highest BCUT2D eigenvalue weighted by atomic mass is 16.6. The Labute approximate surface area is 90.6 Å². The van der Waals surface area contributed by atoms with Crippen molar-refractivity contribution in [2.75, 3.05) is 0 Å². The van der Waals surface area contributed by atoms with Gasteiger partial charge >= 0.3 is 6.09 Å². The fourth-order valence-electron chi connectivity index (χ4n) is 1.40. The van der Waals surface area contributed by atoms with Crippen LogP contribution in [0.1, 0.15) is 33.6 Å². The molecule has 0 spiro atoms. The summed E-state index contributed by atoms with van der Waals surface area (Å²) in [7, 11) is 0. The second kappa shape index (κ2) is 4.55. The number of ether oxygens (including phenoxy) is 2. The van der Waals surface area contributed by atoms with Crippen LogP contribution in [0.2, 0.25) is 0 Å². The molecular weight excluding hydrogens is 194 g/mol. The van der Waals surface area contributed by atoms with Crippen LogP contribution in [-0.4, -0.2) is 23.8 Å². The van der Waals surface area contributed by atoms with E-state index in [1.165, 1.54) is 6.26 Å². The van der Waals surface area contributed by atoms with Gasteiger partial charge in [0.05, 0.1) is 6.26 Å². The molecule has 1 aliphatic carbocycles. The Hall–Kier alpha value is -1.19. The van der Waals surface area contributed by atoms with Crippen molar-refractivity contribution in [2.45, 2.75) is 51.4 Å². The fraction of sp³-hybridized carbons (Fsp3) is 0.727. The first-order valence-corrected chi connectivity index (χ1v) is 5.16. The van der Waals surface area contributed by atoms with Gasteiger partial charge in [0.1, 0.15) is 11.7 Å². The average Bonchev–Trinajstić information content (AvgIpc) is 1.97. The van der Waals surface area contributed by atoms with Crippen LogP contribution in [0.15, 0.2) is 12.8 Å². The number of hydrogen-bond donors (Lipinski definition) is 1. The molecule has 0 unspecified atom stereocenters. The molecule has 0 heterocycles. The molecule has 1 fully saturated rings. The lowest BCUT2D eigenvalue weighted by Gasteiger charge is -2.35. The zero-order valence-electron chi connectivity index (χ0n) is 9.58. The van der Waals surface area contributed by atoms with Gasteiger partial charge in [-0.2, -0.15) is 0 Å². The first-order valence-electron chi connectivity index (χ1n) is 5.16. The van der Waals surface area contributed by atoms with E-state index in [9.17, 15) is 4.79 Å². The van der Waals surface area contributed by atoms with Crippen molar-refractivity contribution in [2.24, 2.45) is 0 Å². The van der Waals surface area contributed by atoms with Gasteiger partial charge in [-0.25, -0.2) is 4.79 Å². The molecule has 4 heteroatoms. The third kappa shape index (κ3) is 4.23. The molecule has 0 bridgehead atoms. The van der Waals surface area contributed by atoms with Gasteiger partial charge in [0.25, 0.3) is 0 Å². The summed E-state index contributed by atoms with van der Waals surface area (Å²) in [5.41, 5.74) is -0.440. The Morgan fingerprint density at radius 3 is 2.53 bits per heavy atom. The van der Waals surface area contributed by atoms with Crippen LogP contribution >= 0.6 is 0 Å². The van der Waals surface area contributed by atoms with E-state index in [0.717, 1.165) is 12.8 Å². The first-order chi connectivity index (χ1) is 6.90. The van der Waals surface area contributed by atoms with Gasteiger partial charge in [0, 0.05) is 18.9 Å². The normalized spacial score (nSPS) is 25.0. The number of carbonyl (C=O) groups excluding carboxylic acids is 1. The van der Waals surface area contributed by atoms with E-state index < -0.39 is 5.60 Å². The number of alkyl carbamates (subject to hydrolysis) is 1. The van der Waals surface area contributed by atoms with E-state index in [-0.39, 0.29) is 18.2 Å². The maximum atomic E-state index is 11.3. The predicted octanol–water partition coefficient (Wildman–Crippen LogP) is 2.20. The minimum absolute atomic E-state index is 0.171. The van der Waals surface area contributed by atoms with Gasteiger partial charge in [-0.3, -0.25) is 0 Å². The van der Waals surface area contributed by atoms with Gasteiger partial charge in [0.15, 0.2) is 0 Å². The lowest BCUT2D eigenvalue weighted by molar-refractivity contribution is 0.0243. The van der Waals surface area contributed by atoms with Crippen molar-refractivity contribution >= 4 is 6.09 Å². The van der Waals surface area contributed by atoms with Crippen LogP contribution in [0.5, 0.6) is 0 Å². The molecule has 1 rings (SSSR count). The number of amides is 1. The number of rotatable bonds is 3. The number of hydrogen-bond acceptors (Lipinski definition) is 3. The molecule has 1 N–H and O–H groups in total. The van der Waals surface area contributed by atoms with Crippen molar-refractivity contribution in [1.82, 2.24) is 5.32 Å². The second-order valence-corrected chi connectivity index (χ2v) is 4.74. The van der Waals surface area contributed by atoms with E-state index in [4.69, 9.17) is 9.47 Å². The van der Waals surface area contributed by atoms with Crippen molar-refractivity contribution in [3.05, 3.63) is 12.8 Å². The lowest BCUT2D eigenvalue weighted by atomic mass is 9.89. The molecule has 0 radical (unpaired) electrons. The molecule has 4 nitrogen and oxygen atoms in total. The van der Waals surface area contributed by atoms with Gasteiger partial charge < -0.3 is 14.8 Å². The molecule has 0 aromatic rings. The number of nitrogens with one attached hydrogen (secondary N) is 1. The highest BCUT2D eigenvalue weighted by Gasteiger charge is 2.32. The van der Waals surface area contributed by atoms with Gasteiger partial charge in [-0.1, -0.05) is 6.58 Å². The van der Waals surface area contributed by atoms with Crippen LogP contribution in [0.25, 0.3) is 0 Å². The zero-order valence-corrected chi connectivity index (χ0v) is 9.58. The second-order valence-electron chi connectivity index (χ2n) is 4.74. The molecule has 0 aromatic heterocycles. The number of carbonyl (C=O) groups is 1. The highest BCUT2D eigenvalue weighted by molar-refractivity contribution is 5.68. The van der Waals surface area contributed by atoms with Gasteiger partial charge in [-0.05, 0) is 20.8 Å². The Morgan fingerprint density at radius 2 is 2.07 bits per heavy atom. The minimum Gasteiger partial charge on any atom is -0.498 e. The first kappa shape index (κ1) is 11.9. The van der Waals surface area contributed by atoms with Gasteiger partial charge in [0.2, 0.25) is 0 Å². The Kier molecular flexibility index (Phi) is 3.61. The smallest absolute Gasteiger partial charge is 0.407 e. The Balaban J connectivity index is 2.16. The van der Waals surface area contributed by atoms with Crippen LogP contribution in [0, 0.1) is 0 Å². The third-order valence-electron chi connectivity index (χ3n) is 2.10. The van der Waals surface area contributed by atoms with E-state index in [1.54, 1.807) is 0 Å². The summed E-state index contributed by atoms with van der Waals surface area (Å²) in [4.78, 5) is 11.3. The van der Waals surface area contributed by atoms with Crippen LogP contribution in [0.4, 0.5) is 4.79 Å². The molecule has 15 heavy (non-hydrogen) atoms. The predicted molar refractivity (Wildman–Crippen MR) is 57.5 cm³/mol. The topological polar surface area (TPSA) is 47.6 Å². The van der Waals surface area contributed by atoms with Gasteiger partial charge in [-0.15, -0.1) is 0 Å². The third-order valence-corrected chi connectivity index (χ3v) is 2.10. The minimum atomic E-state index is -0.440. The SMILES string of the molecule is C=CO[C@H]1C[C@@H](NC(=O)OC(C)(C)C)C1. The molecule has 1 aliphatic rings. The molecule has 1 amide bonds. The molecule has 0 aliphatic heterocycles. The molecular formula is C11H19NO3. The molecule has 0 saturated heterocycles. The zero-order chi connectivity index (χ0) is 11.5. The maximum absolute atomic E-state index is 11.3. The summed E-state index contributed by atoms with van der Waals surface area (Å²) in [6.45, 7) is 9.02. The van der Waals surface area contributed by atoms with Crippen molar-refractivity contribution in [3.63, 3.8) is 0 Å².